The van der Waals surface area contributed by atoms with Gasteiger partial charge in [0.25, 0.3) is 5.91 Å². The number of hydrogen-bond acceptors (Lipinski definition) is 8. The molecule has 1 aromatic carbocycles. The fourth-order valence-electron chi connectivity index (χ4n) is 3.43. The van der Waals surface area contributed by atoms with E-state index < -0.39 is 11.9 Å². The molecule has 1 amide bonds. The van der Waals surface area contributed by atoms with E-state index in [4.69, 9.17) is 5.73 Å². The van der Waals surface area contributed by atoms with Crippen molar-refractivity contribution in [1.82, 2.24) is 29.8 Å². The minimum absolute atomic E-state index is 0.0435. The van der Waals surface area contributed by atoms with E-state index in [1.807, 2.05) is 6.07 Å². The second-order valence-corrected chi connectivity index (χ2v) is 6.88. The van der Waals surface area contributed by atoms with Crippen LogP contribution in [0.5, 0.6) is 0 Å². The van der Waals surface area contributed by atoms with Crippen molar-refractivity contribution in [2.75, 3.05) is 18.1 Å². The molecule has 4 N–H and O–H groups in total. The SMILES string of the molecule is CNC(=O)c1cccc2nc(C(C)Nc3ncnc(N)c3C#N)n(-c3cncc(F)c3)c12. The minimum Gasteiger partial charge on any atom is -0.382 e. The molecule has 10 nitrogen and oxygen atoms in total. The molecule has 3 aromatic heterocycles. The zero-order valence-corrected chi connectivity index (χ0v) is 17.2. The van der Waals surface area contributed by atoms with Crippen LogP contribution in [-0.2, 0) is 0 Å². The predicted molar refractivity (Wildman–Crippen MR) is 115 cm³/mol. The number of imidazole rings is 1. The van der Waals surface area contributed by atoms with Gasteiger partial charge in [0.2, 0.25) is 0 Å². The zero-order chi connectivity index (χ0) is 22.8. The van der Waals surface area contributed by atoms with Crippen LogP contribution in [0.15, 0.2) is 43.0 Å². The number of hydrogen-bond donors (Lipinski definition) is 3. The molecule has 3 heterocycles. The van der Waals surface area contributed by atoms with Gasteiger partial charge in [-0.3, -0.25) is 14.3 Å². The van der Waals surface area contributed by atoms with Gasteiger partial charge < -0.3 is 16.4 Å². The van der Waals surface area contributed by atoms with Gasteiger partial charge in [0, 0.05) is 13.1 Å². The molecule has 0 radical (unpaired) electrons. The summed E-state index contributed by atoms with van der Waals surface area (Å²) in [7, 11) is 1.53. The number of nitriles is 1. The summed E-state index contributed by atoms with van der Waals surface area (Å²) in [5.41, 5.74) is 7.65. The van der Waals surface area contributed by atoms with E-state index in [-0.39, 0.29) is 23.1 Å². The van der Waals surface area contributed by atoms with Crippen LogP contribution in [0.3, 0.4) is 0 Å². The predicted octanol–water partition coefficient (Wildman–Crippen LogP) is 2.34. The fraction of sp³-hybridized carbons (Fsp3) is 0.143. The van der Waals surface area contributed by atoms with Crippen LogP contribution in [0, 0.1) is 17.1 Å². The second-order valence-electron chi connectivity index (χ2n) is 6.88. The number of halogens is 1. The Kier molecular flexibility index (Phi) is 5.34. The maximum atomic E-state index is 14.0. The minimum atomic E-state index is -0.538. The third kappa shape index (κ3) is 3.54. The highest BCUT2D eigenvalue weighted by Gasteiger charge is 2.23. The first kappa shape index (κ1) is 20.7. The van der Waals surface area contributed by atoms with Gasteiger partial charge >= 0.3 is 0 Å². The Morgan fingerprint density at radius 2 is 2.12 bits per heavy atom. The van der Waals surface area contributed by atoms with Gasteiger partial charge in [0.05, 0.1) is 40.7 Å². The number of pyridine rings is 1. The molecule has 32 heavy (non-hydrogen) atoms. The molecule has 0 aliphatic heterocycles. The number of aromatic nitrogens is 5. The van der Waals surface area contributed by atoms with Gasteiger partial charge in [0.15, 0.2) is 0 Å². The van der Waals surface area contributed by atoms with Crippen LogP contribution >= 0.6 is 0 Å². The molecule has 0 spiro atoms. The molecule has 0 saturated carbocycles. The van der Waals surface area contributed by atoms with Gasteiger partial charge in [-0.25, -0.2) is 19.3 Å². The third-order valence-corrected chi connectivity index (χ3v) is 4.85. The van der Waals surface area contributed by atoms with Gasteiger partial charge in [-0.05, 0) is 19.1 Å². The van der Waals surface area contributed by atoms with Gasteiger partial charge in [-0.15, -0.1) is 0 Å². The quantitative estimate of drug-likeness (QED) is 0.436. The van der Waals surface area contributed by atoms with Crippen molar-refractivity contribution in [3.8, 4) is 11.8 Å². The van der Waals surface area contributed by atoms with Crippen LogP contribution in [-0.4, -0.2) is 37.5 Å². The molecule has 0 fully saturated rings. The number of nitrogens with one attached hydrogen (secondary N) is 2. The number of amides is 1. The maximum Gasteiger partial charge on any atom is 0.253 e. The number of carbonyl (C=O) groups is 1. The smallest absolute Gasteiger partial charge is 0.253 e. The van der Waals surface area contributed by atoms with Crippen molar-refractivity contribution < 1.29 is 9.18 Å². The molecule has 4 rings (SSSR count). The summed E-state index contributed by atoms with van der Waals surface area (Å²) in [5.74, 6) is -0.131. The number of fused-ring (bicyclic) bond motifs is 1. The molecule has 1 unspecified atom stereocenters. The van der Waals surface area contributed by atoms with E-state index in [9.17, 15) is 14.4 Å². The zero-order valence-electron chi connectivity index (χ0n) is 17.2. The van der Waals surface area contributed by atoms with Gasteiger partial charge in [-0.2, -0.15) is 5.26 Å². The van der Waals surface area contributed by atoms with Crippen LogP contribution in [0.2, 0.25) is 0 Å². The van der Waals surface area contributed by atoms with Crippen molar-refractivity contribution in [2.24, 2.45) is 0 Å². The van der Waals surface area contributed by atoms with Crippen molar-refractivity contribution in [3.05, 3.63) is 65.8 Å². The largest absolute Gasteiger partial charge is 0.382 e. The first-order chi connectivity index (χ1) is 15.4. The number of nitrogen functional groups attached to an aromatic ring is 1. The molecule has 0 aliphatic rings. The lowest BCUT2D eigenvalue weighted by molar-refractivity contribution is 0.0964. The highest BCUT2D eigenvalue weighted by atomic mass is 19.1. The van der Waals surface area contributed by atoms with Crippen molar-refractivity contribution >= 4 is 28.6 Å². The number of anilines is 2. The highest BCUT2D eigenvalue weighted by molar-refractivity contribution is 6.05. The number of carbonyl (C=O) groups excluding carboxylic acids is 1. The molecule has 160 valence electrons. The van der Waals surface area contributed by atoms with E-state index in [0.717, 1.165) is 6.20 Å². The van der Waals surface area contributed by atoms with Crippen molar-refractivity contribution in [1.29, 1.82) is 5.26 Å². The summed E-state index contributed by atoms with van der Waals surface area (Å²) < 4.78 is 15.7. The summed E-state index contributed by atoms with van der Waals surface area (Å²) in [6, 6.07) is 7.89. The first-order valence-electron chi connectivity index (χ1n) is 9.56. The van der Waals surface area contributed by atoms with Gasteiger partial charge in [-0.1, -0.05) is 6.07 Å². The standard InChI is InChI=1S/C21H18FN9O/c1-11(29-19-15(7-23)18(24)27-10-28-19)20-30-16-5-3-4-14(21(32)25-2)17(16)31(20)13-6-12(22)8-26-9-13/h3-6,8-11H,1-2H3,(H,25,32)(H3,24,27,28,29). The lowest BCUT2D eigenvalue weighted by Gasteiger charge is -2.18. The third-order valence-electron chi connectivity index (χ3n) is 4.85. The summed E-state index contributed by atoms with van der Waals surface area (Å²) in [4.78, 5) is 29.1. The van der Waals surface area contributed by atoms with Crippen LogP contribution in [0.1, 0.15) is 34.7 Å². The number of nitrogens with zero attached hydrogens (tertiary/aromatic N) is 6. The van der Waals surface area contributed by atoms with E-state index in [0.29, 0.717) is 28.1 Å². The monoisotopic (exact) mass is 431 g/mol. The topological polar surface area (TPSA) is 147 Å². The Balaban J connectivity index is 1.93. The molecule has 0 aliphatic carbocycles. The Hall–Kier alpha value is -4.59. The van der Waals surface area contributed by atoms with Crippen molar-refractivity contribution in [2.45, 2.75) is 13.0 Å². The molecule has 0 bridgehead atoms. The van der Waals surface area contributed by atoms with Crippen molar-refractivity contribution in [3.63, 3.8) is 0 Å². The maximum absolute atomic E-state index is 14.0. The second kappa shape index (κ2) is 8.27. The van der Waals surface area contributed by atoms with E-state index >= 15 is 0 Å². The molecule has 1 atom stereocenters. The average Bonchev–Trinajstić information content (AvgIpc) is 3.18. The Labute approximate surface area is 182 Å². The lowest BCUT2D eigenvalue weighted by atomic mass is 10.1. The summed E-state index contributed by atoms with van der Waals surface area (Å²) in [6.45, 7) is 1.80. The number of para-hydroxylation sites is 1. The number of rotatable bonds is 5. The Morgan fingerprint density at radius 1 is 1.31 bits per heavy atom. The average molecular weight is 431 g/mol. The Morgan fingerprint density at radius 3 is 2.84 bits per heavy atom. The molecular formula is C21H18FN9O. The molecule has 4 aromatic rings. The van der Waals surface area contributed by atoms with E-state index in [2.05, 4.69) is 30.6 Å². The van der Waals surface area contributed by atoms with Crippen LogP contribution in [0.25, 0.3) is 16.7 Å². The molecular weight excluding hydrogens is 413 g/mol. The Bertz CT molecular complexity index is 1380. The first-order valence-corrected chi connectivity index (χ1v) is 9.56. The fourth-order valence-corrected chi connectivity index (χ4v) is 3.43. The summed E-state index contributed by atoms with van der Waals surface area (Å²) >= 11 is 0. The molecule has 11 heteroatoms. The lowest BCUT2D eigenvalue weighted by Crippen LogP contribution is -2.20. The number of benzene rings is 1. The van der Waals surface area contributed by atoms with Crippen LogP contribution in [0.4, 0.5) is 16.0 Å². The molecule has 0 saturated heterocycles. The highest BCUT2D eigenvalue weighted by Crippen LogP contribution is 2.30. The van der Waals surface area contributed by atoms with E-state index in [1.165, 1.54) is 25.6 Å². The summed E-state index contributed by atoms with van der Waals surface area (Å²) in [5, 5.41) is 15.1. The van der Waals surface area contributed by atoms with E-state index in [1.54, 1.807) is 29.7 Å². The normalized spacial score (nSPS) is 11.7. The van der Waals surface area contributed by atoms with Gasteiger partial charge in [0.1, 0.15) is 41.2 Å². The summed E-state index contributed by atoms with van der Waals surface area (Å²) in [6.07, 6.45) is 3.81. The van der Waals surface area contributed by atoms with Crippen LogP contribution < -0.4 is 16.4 Å². The number of nitrogens with two attached hydrogens (primary N) is 1.